The highest BCUT2D eigenvalue weighted by molar-refractivity contribution is 7.27. The second-order valence-corrected chi connectivity index (χ2v) is 19.3. The molecule has 15 rings (SSSR count). The van der Waals surface area contributed by atoms with Gasteiger partial charge < -0.3 is 4.57 Å². The molecule has 4 heteroatoms. The lowest BCUT2D eigenvalue weighted by Crippen LogP contribution is -1.93. The first kappa shape index (κ1) is 38.3. The molecule has 0 N–H and O–H groups in total. The largest absolute Gasteiger partial charge is 0.309 e. The summed E-state index contributed by atoms with van der Waals surface area (Å²) in [5, 5.41) is 12.4. The molecular weight excluding hydrogens is 855 g/mol. The Morgan fingerprint density at radius 2 is 0.870 bits per heavy atom. The molecular formula is C65H39N3S. The summed E-state index contributed by atoms with van der Waals surface area (Å²) in [4.78, 5) is 5.49. The van der Waals surface area contributed by atoms with Gasteiger partial charge in [0.2, 0.25) is 0 Å². The van der Waals surface area contributed by atoms with Gasteiger partial charge in [0.1, 0.15) is 0 Å². The number of imidazole rings is 1. The van der Waals surface area contributed by atoms with E-state index >= 15 is 0 Å². The van der Waals surface area contributed by atoms with Crippen molar-refractivity contribution in [3.63, 3.8) is 0 Å². The first-order valence-electron chi connectivity index (χ1n) is 23.6. The van der Waals surface area contributed by atoms with Crippen LogP contribution in [0.5, 0.6) is 0 Å². The molecule has 0 radical (unpaired) electrons. The third kappa shape index (κ3) is 5.76. The number of nitrogens with zero attached hydrogens (tertiary/aromatic N) is 3. The van der Waals surface area contributed by atoms with Crippen LogP contribution in [0, 0.1) is 0 Å². The van der Waals surface area contributed by atoms with Crippen LogP contribution in [-0.4, -0.2) is 14.0 Å². The quantitative estimate of drug-likeness (QED) is 0.169. The maximum atomic E-state index is 5.49. The van der Waals surface area contributed by atoms with E-state index in [9.17, 15) is 0 Å². The third-order valence-corrected chi connectivity index (χ3v) is 15.8. The Morgan fingerprint density at radius 1 is 0.319 bits per heavy atom. The van der Waals surface area contributed by atoms with Crippen molar-refractivity contribution in [1.82, 2.24) is 14.0 Å². The van der Waals surface area contributed by atoms with Gasteiger partial charge in [-0.1, -0.05) is 194 Å². The summed E-state index contributed by atoms with van der Waals surface area (Å²) in [6, 6.07) is 86.8. The van der Waals surface area contributed by atoms with Crippen LogP contribution in [0.25, 0.3) is 141 Å². The standard InChI is InChI=1S/C65H39N3S/c1-2-14-47(15-3-1)67-58-21-11-10-20-54(58)56-38-46(32-36-59(56)67)40-22-24-43(25-23-40)48-34-35-49(53-19-9-8-18-52(48)53)44-26-28-45(29-27-44)61-39-57-55-33-30-42-13-5-7-17-51(42)63(55)69-64(57)65-66-62-50-16-6-4-12-41(50)31-37-60(62)68(61)65/h1-39H. The van der Waals surface area contributed by atoms with Gasteiger partial charge >= 0.3 is 0 Å². The van der Waals surface area contributed by atoms with E-state index in [1.165, 1.54) is 113 Å². The number of fused-ring (bicyclic) bond motifs is 15. The molecule has 0 aliphatic carbocycles. The van der Waals surface area contributed by atoms with Gasteiger partial charge in [0.25, 0.3) is 0 Å². The molecule has 0 unspecified atom stereocenters. The van der Waals surface area contributed by atoms with Gasteiger partial charge in [0.15, 0.2) is 5.65 Å². The SMILES string of the molecule is c1ccc(-n2c3ccccc3c3cc(-c4ccc(-c5ccc(-c6ccc(-c7cc8c9ccc%10ccccc%10c9sc8c8nc9c%10ccccc%10ccc9n78)cc6)c6ccccc56)cc4)ccc32)cc1. The summed E-state index contributed by atoms with van der Waals surface area (Å²) >= 11 is 1.86. The average molecular weight is 894 g/mol. The average Bonchev–Trinajstić information content (AvgIpc) is 4.11. The molecule has 4 heterocycles. The van der Waals surface area contributed by atoms with E-state index in [-0.39, 0.29) is 0 Å². The van der Waals surface area contributed by atoms with Crippen LogP contribution in [0.15, 0.2) is 237 Å². The molecule has 0 aliphatic rings. The lowest BCUT2D eigenvalue weighted by atomic mass is 9.91. The molecule has 0 aliphatic heterocycles. The summed E-state index contributed by atoms with van der Waals surface area (Å²) in [7, 11) is 0. The van der Waals surface area contributed by atoms with Crippen LogP contribution >= 0.6 is 11.3 Å². The summed E-state index contributed by atoms with van der Waals surface area (Å²) < 4.78 is 7.29. The van der Waals surface area contributed by atoms with E-state index in [2.05, 4.69) is 246 Å². The monoisotopic (exact) mass is 893 g/mol. The highest BCUT2D eigenvalue weighted by atomic mass is 32.1. The third-order valence-electron chi connectivity index (χ3n) is 14.5. The number of hydrogen-bond acceptors (Lipinski definition) is 2. The van der Waals surface area contributed by atoms with E-state index in [1.54, 1.807) is 0 Å². The fourth-order valence-electron chi connectivity index (χ4n) is 11.2. The van der Waals surface area contributed by atoms with Crippen molar-refractivity contribution < 1.29 is 0 Å². The molecule has 0 bridgehead atoms. The van der Waals surface area contributed by atoms with Gasteiger partial charge in [-0.25, -0.2) is 4.98 Å². The van der Waals surface area contributed by atoms with Crippen molar-refractivity contribution in [1.29, 1.82) is 0 Å². The molecule has 15 aromatic rings. The predicted molar refractivity (Wildman–Crippen MR) is 294 cm³/mol. The summed E-state index contributed by atoms with van der Waals surface area (Å²) in [6.07, 6.45) is 0. The Morgan fingerprint density at radius 3 is 1.61 bits per heavy atom. The molecule has 11 aromatic carbocycles. The van der Waals surface area contributed by atoms with Gasteiger partial charge in [0.05, 0.1) is 32.5 Å². The van der Waals surface area contributed by atoms with E-state index in [0.717, 1.165) is 27.9 Å². The summed E-state index contributed by atoms with van der Waals surface area (Å²) in [6.45, 7) is 0. The van der Waals surface area contributed by atoms with Crippen LogP contribution in [0.4, 0.5) is 0 Å². The smallest absolute Gasteiger partial charge is 0.156 e. The molecule has 69 heavy (non-hydrogen) atoms. The number of hydrogen-bond donors (Lipinski definition) is 0. The molecule has 0 amide bonds. The van der Waals surface area contributed by atoms with Crippen molar-refractivity contribution in [2.24, 2.45) is 0 Å². The van der Waals surface area contributed by atoms with Crippen LogP contribution in [-0.2, 0) is 0 Å². The molecule has 0 fully saturated rings. The van der Waals surface area contributed by atoms with Gasteiger partial charge in [-0.15, -0.1) is 11.3 Å². The zero-order valence-corrected chi connectivity index (χ0v) is 38.1. The Kier molecular flexibility index (Phi) is 8.23. The number of aromatic nitrogens is 3. The first-order valence-corrected chi connectivity index (χ1v) is 24.4. The highest BCUT2D eigenvalue weighted by Crippen LogP contribution is 2.45. The number of para-hydroxylation sites is 2. The van der Waals surface area contributed by atoms with Crippen molar-refractivity contribution in [3.8, 4) is 50.3 Å². The van der Waals surface area contributed by atoms with Crippen LogP contribution < -0.4 is 0 Å². The van der Waals surface area contributed by atoms with Crippen molar-refractivity contribution in [3.05, 3.63) is 237 Å². The second-order valence-electron chi connectivity index (χ2n) is 18.2. The van der Waals surface area contributed by atoms with Crippen molar-refractivity contribution in [2.75, 3.05) is 0 Å². The maximum absolute atomic E-state index is 5.49. The Balaban J connectivity index is 0.817. The van der Waals surface area contributed by atoms with E-state index in [1.807, 2.05) is 11.3 Å². The molecule has 0 atom stereocenters. The minimum absolute atomic E-state index is 1.01. The zero-order chi connectivity index (χ0) is 45.2. The predicted octanol–water partition coefficient (Wildman–Crippen LogP) is 18.1. The molecule has 3 nitrogen and oxygen atoms in total. The number of pyridine rings is 1. The summed E-state index contributed by atoms with van der Waals surface area (Å²) in [5.41, 5.74) is 16.3. The number of benzene rings is 11. The lowest BCUT2D eigenvalue weighted by Gasteiger charge is -2.14. The minimum atomic E-state index is 1.01. The van der Waals surface area contributed by atoms with Gasteiger partial charge in [-0.2, -0.15) is 0 Å². The van der Waals surface area contributed by atoms with Gasteiger partial charge in [-0.3, -0.25) is 4.40 Å². The normalized spacial score (nSPS) is 12.1. The fraction of sp³-hybridized carbons (Fsp3) is 0. The Labute approximate surface area is 401 Å². The topological polar surface area (TPSA) is 22.2 Å². The molecule has 320 valence electrons. The van der Waals surface area contributed by atoms with E-state index in [0.29, 0.717) is 0 Å². The van der Waals surface area contributed by atoms with Crippen molar-refractivity contribution >= 4 is 102 Å². The van der Waals surface area contributed by atoms with Gasteiger partial charge in [-0.05, 0) is 108 Å². The van der Waals surface area contributed by atoms with Crippen LogP contribution in [0.3, 0.4) is 0 Å². The lowest BCUT2D eigenvalue weighted by molar-refractivity contribution is 1.18. The zero-order valence-electron chi connectivity index (χ0n) is 37.3. The first-order chi connectivity index (χ1) is 34.2. The van der Waals surface area contributed by atoms with Crippen molar-refractivity contribution in [2.45, 2.75) is 0 Å². The van der Waals surface area contributed by atoms with Crippen LogP contribution in [0.2, 0.25) is 0 Å². The van der Waals surface area contributed by atoms with Crippen LogP contribution in [0.1, 0.15) is 0 Å². The Hall–Kier alpha value is -8.83. The summed E-state index contributed by atoms with van der Waals surface area (Å²) in [5.74, 6) is 0. The highest BCUT2D eigenvalue weighted by Gasteiger charge is 2.21. The number of rotatable bonds is 5. The maximum Gasteiger partial charge on any atom is 0.156 e. The molecule has 0 spiro atoms. The number of thiophene rings is 1. The molecule has 0 saturated heterocycles. The second kappa shape index (κ2) is 14.8. The molecule has 0 saturated carbocycles. The van der Waals surface area contributed by atoms with E-state index in [4.69, 9.17) is 4.98 Å². The Bertz CT molecular complexity index is 4570. The van der Waals surface area contributed by atoms with E-state index < -0.39 is 0 Å². The fourth-order valence-corrected chi connectivity index (χ4v) is 12.5. The molecule has 4 aromatic heterocycles. The minimum Gasteiger partial charge on any atom is -0.309 e. The van der Waals surface area contributed by atoms with Gasteiger partial charge in [0, 0.05) is 37.3 Å².